The lowest BCUT2D eigenvalue weighted by Gasteiger charge is -2.10. The van der Waals surface area contributed by atoms with Gasteiger partial charge in [-0.3, -0.25) is 9.78 Å². The van der Waals surface area contributed by atoms with Crippen LogP contribution in [0.5, 0.6) is 0 Å². The Kier molecular flexibility index (Phi) is 4.90. The summed E-state index contributed by atoms with van der Waals surface area (Å²) in [5, 5.41) is 2.89. The maximum atomic E-state index is 11.3. The Balaban J connectivity index is 2.33. The molecule has 0 radical (unpaired) electrons. The zero-order valence-corrected chi connectivity index (χ0v) is 9.57. The van der Waals surface area contributed by atoms with Gasteiger partial charge in [-0.05, 0) is 13.3 Å². The normalized spacial score (nSPS) is 12.4. The SMILES string of the molecule is CC(NC(=O)CCCCl)c1cncs1. The zero-order chi connectivity index (χ0) is 10.4. The van der Waals surface area contributed by atoms with E-state index in [0.29, 0.717) is 12.3 Å². The van der Waals surface area contributed by atoms with Crippen LogP contribution < -0.4 is 5.32 Å². The molecule has 0 saturated heterocycles. The van der Waals surface area contributed by atoms with Gasteiger partial charge in [0.2, 0.25) is 5.91 Å². The third-order valence-electron chi connectivity index (χ3n) is 1.79. The molecule has 0 aliphatic carbocycles. The Labute approximate surface area is 92.5 Å². The van der Waals surface area contributed by atoms with Crippen LogP contribution in [0.3, 0.4) is 0 Å². The second-order valence-electron chi connectivity index (χ2n) is 2.99. The number of hydrogen-bond acceptors (Lipinski definition) is 3. The average molecular weight is 233 g/mol. The Hall–Kier alpha value is -0.610. The topological polar surface area (TPSA) is 42.0 Å². The van der Waals surface area contributed by atoms with Crippen molar-refractivity contribution in [2.45, 2.75) is 25.8 Å². The number of carbonyl (C=O) groups is 1. The Bertz CT molecular complexity index is 276. The highest BCUT2D eigenvalue weighted by Gasteiger charge is 2.09. The minimum absolute atomic E-state index is 0.0466. The van der Waals surface area contributed by atoms with E-state index in [0.717, 1.165) is 11.3 Å². The summed E-state index contributed by atoms with van der Waals surface area (Å²) in [6.45, 7) is 1.95. The van der Waals surface area contributed by atoms with Crippen molar-refractivity contribution >= 4 is 28.8 Å². The van der Waals surface area contributed by atoms with Crippen molar-refractivity contribution in [3.8, 4) is 0 Å². The Morgan fingerprint density at radius 3 is 3.14 bits per heavy atom. The summed E-state index contributed by atoms with van der Waals surface area (Å²) in [5.41, 5.74) is 1.76. The first-order valence-electron chi connectivity index (χ1n) is 4.47. The van der Waals surface area contributed by atoms with Gasteiger partial charge in [0, 0.05) is 23.4 Å². The standard InChI is InChI=1S/C9H13ClN2OS/c1-7(8-5-11-6-14-8)12-9(13)3-2-4-10/h5-7H,2-4H2,1H3,(H,12,13). The molecule has 1 N–H and O–H groups in total. The first-order chi connectivity index (χ1) is 6.74. The summed E-state index contributed by atoms with van der Waals surface area (Å²) in [6.07, 6.45) is 2.99. The van der Waals surface area contributed by atoms with Gasteiger partial charge in [-0.25, -0.2) is 0 Å². The fourth-order valence-electron chi connectivity index (χ4n) is 1.05. The first-order valence-corrected chi connectivity index (χ1v) is 5.89. The number of nitrogens with zero attached hydrogens (tertiary/aromatic N) is 1. The van der Waals surface area contributed by atoms with Crippen LogP contribution in [-0.2, 0) is 4.79 Å². The maximum absolute atomic E-state index is 11.3. The summed E-state index contributed by atoms with van der Waals surface area (Å²) < 4.78 is 0. The van der Waals surface area contributed by atoms with Crippen molar-refractivity contribution in [3.05, 3.63) is 16.6 Å². The number of halogens is 1. The van der Waals surface area contributed by atoms with Crippen molar-refractivity contribution in [1.29, 1.82) is 0 Å². The highest BCUT2D eigenvalue weighted by Crippen LogP contribution is 2.16. The quantitative estimate of drug-likeness (QED) is 0.792. The first kappa shape index (κ1) is 11.5. The van der Waals surface area contributed by atoms with Crippen molar-refractivity contribution < 1.29 is 4.79 Å². The van der Waals surface area contributed by atoms with Crippen LogP contribution in [-0.4, -0.2) is 16.8 Å². The van der Waals surface area contributed by atoms with Gasteiger partial charge < -0.3 is 5.32 Å². The van der Waals surface area contributed by atoms with Crippen molar-refractivity contribution in [3.63, 3.8) is 0 Å². The lowest BCUT2D eigenvalue weighted by molar-refractivity contribution is -0.121. The maximum Gasteiger partial charge on any atom is 0.220 e. The highest BCUT2D eigenvalue weighted by molar-refractivity contribution is 7.09. The van der Waals surface area contributed by atoms with Crippen molar-refractivity contribution in [2.24, 2.45) is 0 Å². The van der Waals surface area contributed by atoms with Gasteiger partial charge in [0.25, 0.3) is 0 Å². The lowest BCUT2D eigenvalue weighted by Crippen LogP contribution is -2.25. The second-order valence-corrected chi connectivity index (χ2v) is 4.28. The van der Waals surface area contributed by atoms with Gasteiger partial charge in [-0.1, -0.05) is 0 Å². The molecule has 0 aliphatic heterocycles. The van der Waals surface area contributed by atoms with Gasteiger partial charge in [0.05, 0.1) is 11.6 Å². The van der Waals surface area contributed by atoms with Gasteiger partial charge in [-0.15, -0.1) is 22.9 Å². The minimum atomic E-state index is 0.0466. The number of thiazole rings is 1. The minimum Gasteiger partial charge on any atom is -0.349 e. The van der Waals surface area contributed by atoms with E-state index < -0.39 is 0 Å². The molecule has 1 aromatic heterocycles. The second kappa shape index (κ2) is 5.98. The number of carbonyl (C=O) groups excluding carboxylic acids is 1. The predicted molar refractivity (Wildman–Crippen MR) is 58.6 cm³/mol. The number of rotatable bonds is 5. The fourth-order valence-corrected chi connectivity index (χ4v) is 1.81. The average Bonchev–Trinajstić information content (AvgIpc) is 2.67. The number of alkyl halides is 1. The summed E-state index contributed by atoms with van der Waals surface area (Å²) in [6, 6.07) is 0.0466. The molecule has 0 aromatic carbocycles. The highest BCUT2D eigenvalue weighted by atomic mass is 35.5. The van der Waals surface area contributed by atoms with Gasteiger partial charge >= 0.3 is 0 Å². The number of nitrogens with one attached hydrogen (secondary N) is 1. The van der Waals surface area contributed by atoms with E-state index in [1.807, 2.05) is 6.92 Å². The Morgan fingerprint density at radius 2 is 2.57 bits per heavy atom. The molecule has 1 heterocycles. The molecular weight excluding hydrogens is 220 g/mol. The molecule has 0 bridgehead atoms. The van der Waals surface area contributed by atoms with E-state index in [4.69, 9.17) is 11.6 Å². The van der Waals surface area contributed by atoms with E-state index in [2.05, 4.69) is 10.3 Å². The van der Waals surface area contributed by atoms with E-state index >= 15 is 0 Å². The molecule has 0 aliphatic rings. The van der Waals surface area contributed by atoms with Gasteiger partial charge in [-0.2, -0.15) is 0 Å². The lowest BCUT2D eigenvalue weighted by atomic mass is 10.2. The molecule has 78 valence electrons. The summed E-state index contributed by atoms with van der Waals surface area (Å²) in [5.74, 6) is 0.578. The third kappa shape index (κ3) is 3.64. The van der Waals surface area contributed by atoms with Crippen LogP contribution in [0, 0.1) is 0 Å². The zero-order valence-electron chi connectivity index (χ0n) is 8.00. The van der Waals surface area contributed by atoms with Crippen LogP contribution in [0.2, 0.25) is 0 Å². The number of aromatic nitrogens is 1. The van der Waals surface area contributed by atoms with E-state index in [9.17, 15) is 4.79 Å². The van der Waals surface area contributed by atoms with Gasteiger partial charge in [0.15, 0.2) is 0 Å². The molecule has 1 unspecified atom stereocenters. The third-order valence-corrected chi connectivity index (χ3v) is 3.02. The monoisotopic (exact) mass is 232 g/mol. The smallest absolute Gasteiger partial charge is 0.220 e. The summed E-state index contributed by atoms with van der Waals surface area (Å²) in [4.78, 5) is 16.4. The van der Waals surface area contributed by atoms with E-state index in [1.54, 1.807) is 23.0 Å². The molecule has 0 fully saturated rings. The number of hydrogen-bond donors (Lipinski definition) is 1. The molecule has 14 heavy (non-hydrogen) atoms. The molecule has 1 amide bonds. The molecule has 3 nitrogen and oxygen atoms in total. The predicted octanol–water partition coefficient (Wildman–Crippen LogP) is 2.34. The number of amides is 1. The van der Waals surface area contributed by atoms with E-state index in [-0.39, 0.29) is 11.9 Å². The largest absolute Gasteiger partial charge is 0.349 e. The molecule has 0 saturated carbocycles. The van der Waals surface area contributed by atoms with Crippen LogP contribution in [0.15, 0.2) is 11.7 Å². The molecule has 0 spiro atoms. The molecule has 5 heteroatoms. The van der Waals surface area contributed by atoms with Gasteiger partial charge in [0.1, 0.15) is 0 Å². The van der Waals surface area contributed by atoms with Crippen LogP contribution >= 0.6 is 22.9 Å². The molecule has 1 rings (SSSR count). The summed E-state index contributed by atoms with van der Waals surface area (Å²) >= 11 is 7.04. The summed E-state index contributed by atoms with van der Waals surface area (Å²) in [7, 11) is 0. The molecule has 1 aromatic rings. The van der Waals surface area contributed by atoms with Crippen LogP contribution in [0.25, 0.3) is 0 Å². The van der Waals surface area contributed by atoms with Crippen molar-refractivity contribution in [2.75, 3.05) is 5.88 Å². The van der Waals surface area contributed by atoms with Crippen molar-refractivity contribution in [1.82, 2.24) is 10.3 Å². The van der Waals surface area contributed by atoms with E-state index in [1.165, 1.54) is 0 Å². The van der Waals surface area contributed by atoms with Crippen LogP contribution in [0.1, 0.15) is 30.7 Å². The van der Waals surface area contributed by atoms with Crippen LogP contribution in [0.4, 0.5) is 0 Å². The fraction of sp³-hybridized carbons (Fsp3) is 0.556. The molecular formula is C9H13ClN2OS. The Morgan fingerprint density at radius 1 is 1.79 bits per heavy atom. The molecule has 1 atom stereocenters.